The van der Waals surface area contributed by atoms with Gasteiger partial charge in [-0.25, -0.2) is 0 Å². The van der Waals surface area contributed by atoms with E-state index < -0.39 is 5.41 Å². The minimum atomic E-state index is -0.438. The first-order valence-corrected chi connectivity index (χ1v) is 24.3. The van der Waals surface area contributed by atoms with Crippen LogP contribution in [0.25, 0.3) is 66.4 Å². The van der Waals surface area contributed by atoms with E-state index in [0.717, 1.165) is 50.1 Å². The van der Waals surface area contributed by atoms with Crippen LogP contribution in [0.5, 0.6) is 0 Å². The second-order valence-corrected chi connectivity index (χ2v) is 20.4. The highest BCUT2D eigenvalue weighted by Gasteiger charge is 2.53. The molecule has 11 aromatic rings. The van der Waals surface area contributed by atoms with Crippen LogP contribution < -0.4 is 4.90 Å². The summed E-state index contributed by atoms with van der Waals surface area (Å²) in [6.45, 7) is 9.50. The quantitative estimate of drug-likeness (QED) is 0.171. The van der Waals surface area contributed by atoms with Crippen LogP contribution >= 0.6 is 0 Å². The molecule has 0 saturated heterocycles. The van der Waals surface area contributed by atoms with Crippen molar-refractivity contribution in [1.29, 1.82) is 0 Å². The fourth-order valence-electron chi connectivity index (χ4n) is 12.8. The SMILES string of the molecule is CC1(C)c2ccccc2-c2ccc(N(c3ccc(-c4ccc5c(c4)C4(c6ccccc6-5)c5ccccc5C(C)(C)c5ccccc54)cc3)c3ccc(-c4ccc5oc6ccccc6c5c4)cc3)cc21. The van der Waals surface area contributed by atoms with Crippen LogP contribution in [0.2, 0.25) is 0 Å². The Bertz CT molecular complexity index is 3850. The minimum Gasteiger partial charge on any atom is -0.456 e. The molecule has 14 rings (SSSR count). The molecule has 69 heavy (non-hydrogen) atoms. The lowest BCUT2D eigenvalue weighted by Crippen LogP contribution is -2.40. The lowest BCUT2D eigenvalue weighted by Gasteiger charge is -2.46. The maximum Gasteiger partial charge on any atom is 0.135 e. The lowest BCUT2D eigenvalue weighted by molar-refractivity contribution is 0.563. The van der Waals surface area contributed by atoms with Gasteiger partial charge in [0, 0.05) is 38.7 Å². The molecule has 0 aliphatic heterocycles. The number of para-hydroxylation sites is 1. The van der Waals surface area contributed by atoms with Crippen LogP contribution in [-0.2, 0) is 16.2 Å². The summed E-state index contributed by atoms with van der Waals surface area (Å²) in [6, 6.07) is 83.8. The molecule has 0 N–H and O–H groups in total. The van der Waals surface area contributed by atoms with Gasteiger partial charge in [0.2, 0.25) is 0 Å². The summed E-state index contributed by atoms with van der Waals surface area (Å²) in [5, 5.41) is 2.27. The molecule has 0 bridgehead atoms. The molecule has 328 valence electrons. The van der Waals surface area contributed by atoms with Gasteiger partial charge < -0.3 is 9.32 Å². The predicted octanol–water partition coefficient (Wildman–Crippen LogP) is 17.7. The Kier molecular flexibility index (Phi) is 8.33. The number of rotatable bonds is 5. The summed E-state index contributed by atoms with van der Waals surface area (Å²) < 4.78 is 6.18. The number of benzene rings is 10. The van der Waals surface area contributed by atoms with Crippen molar-refractivity contribution in [3.63, 3.8) is 0 Å². The third-order valence-corrected chi connectivity index (χ3v) is 16.2. The van der Waals surface area contributed by atoms with Gasteiger partial charge in [-0.05, 0) is 150 Å². The van der Waals surface area contributed by atoms with E-state index in [0.29, 0.717) is 0 Å². The molecule has 0 amide bonds. The Morgan fingerprint density at radius 3 is 1.39 bits per heavy atom. The molecule has 1 heterocycles. The number of fused-ring (bicyclic) bond motifs is 15. The fourth-order valence-corrected chi connectivity index (χ4v) is 12.8. The summed E-state index contributed by atoms with van der Waals surface area (Å²) >= 11 is 0. The van der Waals surface area contributed by atoms with E-state index in [2.05, 4.69) is 245 Å². The summed E-state index contributed by atoms with van der Waals surface area (Å²) in [5.74, 6) is 0. The van der Waals surface area contributed by atoms with E-state index in [9.17, 15) is 0 Å². The van der Waals surface area contributed by atoms with E-state index in [-0.39, 0.29) is 10.8 Å². The normalized spacial score (nSPS) is 15.0. The molecular formula is C67H49NO. The van der Waals surface area contributed by atoms with Gasteiger partial charge in [-0.1, -0.05) is 191 Å². The van der Waals surface area contributed by atoms with Crippen LogP contribution in [0.1, 0.15) is 72.2 Å². The standard InChI is InChI=1S/C67H49NO/c1-65(2)55-18-8-5-15-49(55)51-37-35-48(41-61(51)65)68(46-31-25-42(26-32-46)44-30-38-64-54(39-44)53-17-7-14-24-63(53)69-64)47-33-27-43(28-34-47)45-29-36-52-50-16-6-9-19-56(50)67(62(52)40-45)59-22-12-10-20-57(59)66(3,4)58-21-11-13-23-60(58)67/h5-41H,1-4H3. The Hall–Kier alpha value is -8.20. The highest BCUT2D eigenvalue weighted by molar-refractivity contribution is 6.06. The van der Waals surface area contributed by atoms with Crippen LogP contribution in [0, 0.1) is 0 Å². The van der Waals surface area contributed by atoms with Gasteiger partial charge in [0.1, 0.15) is 11.2 Å². The van der Waals surface area contributed by atoms with Crippen molar-refractivity contribution in [3.8, 4) is 44.5 Å². The Balaban J connectivity index is 0.892. The Morgan fingerprint density at radius 1 is 0.290 bits per heavy atom. The second-order valence-electron chi connectivity index (χ2n) is 20.4. The summed E-state index contributed by atoms with van der Waals surface area (Å²) in [7, 11) is 0. The molecule has 0 atom stereocenters. The molecule has 0 unspecified atom stereocenters. The topological polar surface area (TPSA) is 16.4 Å². The van der Waals surface area contributed by atoms with E-state index >= 15 is 0 Å². The van der Waals surface area contributed by atoms with Crippen molar-refractivity contribution in [3.05, 3.63) is 269 Å². The van der Waals surface area contributed by atoms with Crippen LogP contribution in [0.3, 0.4) is 0 Å². The zero-order valence-corrected chi connectivity index (χ0v) is 39.2. The van der Waals surface area contributed by atoms with Crippen molar-refractivity contribution < 1.29 is 4.42 Å². The Labute approximate surface area is 403 Å². The zero-order valence-electron chi connectivity index (χ0n) is 39.2. The van der Waals surface area contributed by atoms with Crippen molar-refractivity contribution >= 4 is 39.0 Å². The maximum absolute atomic E-state index is 6.18. The van der Waals surface area contributed by atoms with Crippen LogP contribution in [0.15, 0.2) is 229 Å². The third-order valence-electron chi connectivity index (χ3n) is 16.2. The molecule has 0 fully saturated rings. The van der Waals surface area contributed by atoms with Gasteiger partial charge in [-0.3, -0.25) is 0 Å². The minimum absolute atomic E-state index is 0.128. The number of furan rings is 1. The van der Waals surface area contributed by atoms with Crippen LogP contribution in [0.4, 0.5) is 17.1 Å². The van der Waals surface area contributed by atoms with Crippen molar-refractivity contribution in [2.45, 2.75) is 43.9 Å². The molecule has 3 aliphatic rings. The molecule has 1 aromatic heterocycles. The first-order chi connectivity index (χ1) is 33.7. The van der Waals surface area contributed by atoms with Crippen molar-refractivity contribution in [1.82, 2.24) is 0 Å². The highest BCUT2D eigenvalue weighted by atomic mass is 16.3. The molecule has 10 aromatic carbocycles. The van der Waals surface area contributed by atoms with Gasteiger partial charge in [0.25, 0.3) is 0 Å². The van der Waals surface area contributed by atoms with Gasteiger partial charge in [-0.15, -0.1) is 0 Å². The van der Waals surface area contributed by atoms with Crippen molar-refractivity contribution in [2.24, 2.45) is 0 Å². The van der Waals surface area contributed by atoms with Crippen LogP contribution in [-0.4, -0.2) is 0 Å². The monoisotopic (exact) mass is 883 g/mol. The van der Waals surface area contributed by atoms with E-state index in [1.807, 2.05) is 12.1 Å². The number of hydrogen-bond acceptors (Lipinski definition) is 2. The summed E-state index contributed by atoms with van der Waals surface area (Å²) in [5.41, 5.74) is 25.4. The third kappa shape index (κ3) is 5.55. The molecule has 2 heteroatoms. The molecule has 3 aliphatic carbocycles. The number of nitrogens with zero attached hydrogens (tertiary/aromatic N) is 1. The molecule has 0 saturated carbocycles. The Morgan fingerprint density at radius 2 is 0.725 bits per heavy atom. The largest absolute Gasteiger partial charge is 0.456 e. The first kappa shape index (κ1) is 39.9. The van der Waals surface area contributed by atoms with E-state index in [1.54, 1.807) is 0 Å². The zero-order chi connectivity index (χ0) is 46.2. The maximum atomic E-state index is 6.18. The van der Waals surface area contributed by atoms with E-state index in [1.165, 1.54) is 77.9 Å². The number of hydrogen-bond donors (Lipinski definition) is 0. The molecule has 0 radical (unpaired) electrons. The summed E-state index contributed by atoms with van der Waals surface area (Å²) in [4.78, 5) is 2.42. The lowest BCUT2D eigenvalue weighted by atomic mass is 9.55. The van der Waals surface area contributed by atoms with E-state index in [4.69, 9.17) is 4.42 Å². The average molecular weight is 884 g/mol. The molecule has 2 nitrogen and oxygen atoms in total. The predicted molar refractivity (Wildman–Crippen MR) is 286 cm³/mol. The molecular weight excluding hydrogens is 835 g/mol. The second kappa shape index (κ2) is 14.4. The highest BCUT2D eigenvalue weighted by Crippen LogP contribution is 2.62. The fraction of sp³-hybridized carbons (Fsp3) is 0.104. The van der Waals surface area contributed by atoms with Gasteiger partial charge in [0.05, 0.1) is 5.41 Å². The first-order valence-electron chi connectivity index (χ1n) is 24.3. The summed E-state index contributed by atoms with van der Waals surface area (Å²) in [6.07, 6.45) is 0. The van der Waals surface area contributed by atoms with Gasteiger partial charge >= 0.3 is 0 Å². The number of anilines is 3. The molecule has 1 spiro atoms. The van der Waals surface area contributed by atoms with Gasteiger partial charge in [0.15, 0.2) is 0 Å². The smallest absolute Gasteiger partial charge is 0.135 e. The average Bonchev–Trinajstić information content (AvgIpc) is 3.99. The van der Waals surface area contributed by atoms with Crippen molar-refractivity contribution in [2.75, 3.05) is 4.90 Å². The van der Waals surface area contributed by atoms with Gasteiger partial charge in [-0.2, -0.15) is 0 Å².